The van der Waals surface area contributed by atoms with Crippen molar-refractivity contribution in [2.24, 2.45) is 0 Å². The summed E-state index contributed by atoms with van der Waals surface area (Å²) in [6, 6.07) is 9.47. The highest BCUT2D eigenvalue weighted by atomic mass is 79.9. The van der Waals surface area contributed by atoms with E-state index in [1.165, 1.54) is 12.1 Å². The Morgan fingerprint density at radius 3 is 2.81 bits per heavy atom. The molecular weight excluding hydrogens is 341 g/mol. The first-order valence-corrected chi connectivity index (χ1v) is 7.04. The van der Waals surface area contributed by atoms with Crippen LogP contribution in [0.25, 0.3) is 0 Å². The Kier molecular flexibility index (Phi) is 3.79. The first-order chi connectivity index (χ1) is 10.1. The smallest absolute Gasteiger partial charge is 0.251 e. The molecule has 1 N–H and O–H groups in total. The summed E-state index contributed by atoms with van der Waals surface area (Å²) in [6.07, 6.45) is 0. The molecule has 0 unspecified atom stereocenters. The zero-order valence-corrected chi connectivity index (χ0v) is 12.4. The lowest BCUT2D eigenvalue weighted by Crippen LogP contribution is -2.22. The number of benzene rings is 2. The lowest BCUT2D eigenvalue weighted by atomic mass is 10.1. The summed E-state index contributed by atoms with van der Waals surface area (Å²) in [6.45, 7) is 0.404. The van der Waals surface area contributed by atoms with Gasteiger partial charge >= 0.3 is 0 Å². The van der Waals surface area contributed by atoms with Gasteiger partial charge in [0.1, 0.15) is 5.82 Å². The van der Waals surface area contributed by atoms with Crippen molar-refractivity contribution < 1.29 is 18.7 Å². The number of rotatable bonds is 3. The minimum Gasteiger partial charge on any atom is -0.454 e. The average Bonchev–Trinajstić information content (AvgIpc) is 2.91. The number of carbonyl (C=O) groups is 1. The molecule has 108 valence electrons. The molecule has 0 atom stereocenters. The maximum atomic E-state index is 13.3. The van der Waals surface area contributed by atoms with Gasteiger partial charge in [-0.2, -0.15) is 0 Å². The first-order valence-electron chi connectivity index (χ1n) is 6.24. The molecule has 3 rings (SSSR count). The van der Waals surface area contributed by atoms with Gasteiger partial charge in [0.05, 0.1) is 0 Å². The van der Waals surface area contributed by atoms with Crippen molar-refractivity contribution in [2.45, 2.75) is 6.54 Å². The summed E-state index contributed by atoms with van der Waals surface area (Å²) in [5, 5.41) is 2.74. The number of hydrogen-bond acceptors (Lipinski definition) is 3. The number of fused-ring (bicyclic) bond motifs is 1. The number of nitrogens with one attached hydrogen (secondary N) is 1. The predicted molar refractivity (Wildman–Crippen MR) is 77.8 cm³/mol. The minimum absolute atomic E-state index is 0.164. The normalized spacial score (nSPS) is 12.3. The third-order valence-electron chi connectivity index (χ3n) is 3.01. The van der Waals surface area contributed by atoms with Gasteiger partial charge in [0.15, 0.2) is 11.5 Å². The molecule has 21 heavy (non-hydrogen) atoms. The molecule has 0 radical (unpaired) electrons. The predicted octanol–water partition coefficient (Wildman–Crippen LogP) is 3.25. The zero-order valence-electron chi connectivity index (χ0n) is 10.9. The van der Waals surface area contributed by atoms with Crippen LogP contribution in [0.5, 0.6) is 11.5 Å². The number of amides is 1. The van der Waals surface area contributed by atoms with E-state index < -0.39 is 0 Å². The van der Waals surface area contributed by atoms with Gasteiger partial charge in [0, 0.05) is 16.6 Å². The van der Waals surface area contributed by atoms with Crippen molar-refractivity contribution in [3.05, 3.63) is 57.8 Å². The van der Waals surface area contributed by atoms with E-state index in [2.05, 4.69) is 21.2 Å². The number of halogens is 2. The third kappa shape index (κ3) is 3.16. The van der Waals surface area contributed by atoms with E-state index in [-0.39, 0.29) is 25.1 Å². The van der Waals surface area contributed by atoms with E-state index in [4.69, 9.17) is 9.47 Å². The van der Waals surface area contributed by atoms with E-state index in [9.17, 15) is 9.18 Å². The van der Waals surface area contributed by atoms with Crippen LogP contribution in [0.3, 0.4) is 0 Å². The lowest BCUT2D eigenvalue weighted by molar-refractivity contribution is 0.0950. The molecule has 4 nitrogen and oxygen atoms in total. The molecule has 0 spiro atoms. The topological polar surface area (TPSA) is 47.6 Å². The van der Waals surface area contributed by atoms with Gasteiger partial charge in [-0.25, -0.2) is 4.39 Å². The summed E-state index contributed by atoms with van der Waals surface area (Å²) in [5.74, 6) is 0.571. The molecule has 6 heteroatoms. The molecule has 2 aromatic rings. The number of hydrogen-bond donors (Lipinski definition) is 1. The molecule has 0 saturated heterocycles. The fraction of sp³-hybridized carbons (Fsp3) is 0.133. The molecule has 0 aliphatic carbocycles. The molecule has 0 fully saturated rings. The molecule has 1 amide bonds. The van der Waals surface area contributed by atoms with Crippen molar-refractivity contribution in [2.75, 3.05) is 6.79 Å². The van der Waals surface area contributed by atoms with Crippen LogP contribution in [0.4, 0.5) is 4.39 Å². The van der Waals surface area contributed by atoms with Crippen LogP contribution >= 0.6 is 15.9 Å². The van der Waals surface area contributed by atoms with Gasteiger partial charge in [0.2, 0.25) is 6.79 Å². The summed E-state index contributed by atoms with van der Waals surface area (Å²) in [4.78, 5) is 12.1. The summed E-state index contributed by atoms with van der Waals surface area (Å²) in [7, 11) is 0. The first kappa shape index (κ1) is 13.9. The molecule has 1 heterocycles. The van der Waals surface area contributed by atoms with Crippen molar-refractivity contribution >= 4 is 21.8 Å². The molecule has 0 bridgehead atoms. The maximum absolute atomic E-state index is 13.3. The average molecular weight is 352 g/mol. The van der Waals surface area contributed by atoms with Crippen LogP contribution in [0.15, 0.2) is 40.9 Å². The molecule has 2 aromatic carbocycles. The summed E-state index contributed by atoms with van der Waals surface area (Å²) >= 11 is 3.22. The van der Waals surface area contributed by atoms with Gasteiger partial charge in [-0.05, 0) is 42.0 Å². The summed E-state index contributed by atoms with van der Waals surface area (Å²) in [5.41, 5.74) is 1.14. The maximum Gasteiger partial charge on any atom is 0.251 e. The van der Waals surface area contributed by atoms with Crippen LogP contribution in [0, 0.1) is 5.82 Å². The van der Waals surface area contributed by atoms with Gasteiger partial charge in [-0.3, -0.25) is 4.79 Å². The van der Waals surface area contributed by atoms with Crippen LogP contribution < -0.4 is 14.8 Å². The van der Waals surface area contributed by atoms with E-state index in [0.29, 0.717) is 27.1 Å². The summed E-state index contributed by atoms with van der Waals surface area (Å²) < 4.78 is 24.3. The van der Waals surface area contributed by atoms with E-state index in [1.54, 1.807) is 24.3 Å². The van der Waals surface area contributed by atoms with Crippen molar-refractivity contribution in [1.29, 1.82) is 0 Å². The third-order valence-corrected chi connectivity index (χ3v) is 3.47. The number of ether oxygens (including phenoxy) is 2. The van der Waals surface area contributed by atoms with Crippen molar-refractivity contribution in [1.82, 2.24) is 5.32 Å². The SMILES string of the molecule is O=C(NCc1cc(F)cc(Br)c1)c1ccc2c(c1)OCO2. The van der Waals surface area contributed by atoms with Crippen molar-refractivity contribution in [3.8, 4) is 11.5 Å². The quantitative estimate of drug-likeness (QED) is 0.923. The van der Waals surface area contributed by atoms with Crippen LogP contribution in [0.2, 0.25) is 0 Å². The fourth-order valence-corrected chi connectivity index (χ4v) is 2.55. The monoisotopic (exact) mass is 351 g/mol. The highest BCUT2D eigenvalue weighted by Crippen LogP contribution is 2.32. The standard InChI is InChI=1S/C15H11BrFNO3/c16-11-3-9(4-12(17)6-11)7-18-15(19)10-1-2-13-14(5-10)21-8-20-13/h1-6H,7-8H2,(H,18,19). The van der Waals surface area contributed by atoms with Gasteiger partial charge < -0.3 is 14.8 Å². The Labute approximate surface area is 129 Å². The van der Waals surface area contributed by atoms with Crippen LogP contribution in [-0.4, -0.2) is 12.7 Å². The molecule has 0 saturated carbocycles. The Bertz CT molecular complexity index is 685. The Balaban J connectivity index is 1.69. The largest absolute Gasteiger partial charge is 0.454 e. The number of carbonyl (C=O) groups excluding carboxylic acids is 1. The molecule has 1 aliphatic rings. The second-order valence-electron chi connectivity index (χ2n) is 4.53. The zero-order chi connectivity index (χ0) is 14.8. The van der Waals surface area contributed by atoms with Gasteiger partial charge in [0.25, 0.3) is 5.91 Å². The second-order valence-corrected chi connectivity index (χ2v) is 5.44. The highest BCUT2D eigenvalue weighted by molar-refractivity contribution is 9.10. The van der Waals surface area contributed by atoms with Crippen LogP contribution in [0.1, 0.15) is 15.9 Å². The molecule has 1 aliphatic heterocycles. The highest BCUT2D eigenvalue weighted by Gasteiger charge is 2.16. The Morgan fingerprint density at radius 1 is 1.19 bits per heavy atom. The van der Waals surface area contributed by atoms with Gasteiger partial charge in [-0.15, -0.1) is 0 Å². The van der Waals surface area contributed by atoms with Crippen LogP contribution in [-0.2, 0) is 6.54 Å². The van der Waals surface area contributed by atoms with E-state index >= 15 is 0 Å². The second kappa shape index (κ2) is 5.73. The van der Waals surface area contributed by atoms with E-state index in [1.807, 2.05) is 0 Å². The Hall–Kier alpha value is -2.08. The molecular formula is C15H11BrFNO3. The minimum atomic E-state index is -0.350. The van der Waals surface area contributed by atoms with Gasteiger partial charge in [-0.1, -0.05) is 15.9 Å². The Morgan fingerprint density at radius 2 is 2.00 bits per heavy atom. The fourth-order valence-electron chi connectivity index (χ4n) is 2.04. The van der Waals surface area contributed by atoms with Crippen molar-refractivity contribution in [3.63, 3.8) is 0 Å². The van der Waals surface area contributed by atoms with E-state index in [0.717, 1.165) is 0 Å². The molecule has 0 aromatic heterocycles. The lowest BCUT2D eigenvalue weighted by Gasteiger charge is -2.07.